The summed E-state index contributed by atoms with van der Waals surface area (Å²) in [5.41, 5.74) is 6.07. The van der Waals surface area contributed by atoms with Crippen molar-refractivity contribution in [3.63, 3.8) is 0 Å². The number of pyridine rings is 1. The summed E-state index contributed by atoms with van der Waals surface area (Å²) in [5.74, 6) is 5.71. The quantitative estimate of drug-likeness (QED) is 0.561. The topological polar surface area (TPSA) is 50.9 Å². The lowest BCUT2D eigenvalue weighted by molar-refractivity contribution is 0.546. The molecule has 1 unspecified atom stereocenters. The summed E-state index contributed by atoms with van der Waals surface area (Å²) in [6.45, 7) is 0. The zero-order chi connectivity index (χ0) is 14.7. The van der Waals surface area contributed by atoms with E-state index >= 15 is 0 Å². The fourth-order valence-electron chi connectivity index (χ4n) is 2.40. The van der Waals surface area contributed by atoms with Gasteiger partial charge in [0.05, 0.1) is 11.6 Å². The van der Waals surface area contributed by atoms with E-state index in [1.54, 1.807) is 0 Å². The highest BCUT2D eigenvalue weighted by Crippen LogP contribution is 2.21. The van der Waals surface area contributed by atoms with E-state index in [4.69, 9.17) is 10.8 Å². The molecule has 21 heavy (non-hydrogen) atoms. The summed E-state index contributed by atoms with van der Waals surface area (Å²) in [5, 5.41) is 1.15. The van der Waals surface area contributed by atoms with Crippen molar-refractivity contribution in [3.05, 3.63) is 76.4 Å². The lowest BCUT2D eigenvalue weighted by Crippen LogP contribution is -2.29. The van der Waals surface area contributed by atoms with Crippen LogP contribution in [0, 0.1) is 0 Å². The normalized spacial score (nSPS) is 12.5. The van der Waals surface area contributed by atoms with Crippen LogP contribution in [0.1, 0.15) is 17.3 Å². The third-order valence-corrected chi connectivity index (χ3v) is 4.07. The van der Waals surface area contributed by atoms with Gasteiger partial charge in [-0.25, -0.2) is 0 Å². The Hall–Kier alpha value is -1.75. The lowest BCUT2D eigenvalue weighted by atomic mass is 10.0. The average molecular weight is 342 g/mol. The van der Waals surface area contributed by atoms with Crippen LogP contribution >= 0.6 is 15.9 Å². The molecule has 1 heterocycles. The maximum atomic E-state index is 5.71. The second kappa shape index (κ2) is 6.35. The van der Waals surface area contributed by atoms with Crippen LogP contribution in [-0.2, 0) is 6.42 Å². The van der Waals surface area contributed by atoms with Gasteiger partial charge in [-0.1, -0.05) is 52.3 Å². The van der Waals surface area contributed by atoms with Crippen LogP contribution < -0.4 is 11.3 Å². The van der Waals surface area contributed by atoms with Gasteiger partial charge < -0.3 is 0 Å². The molecule has 0 fully saturated rings. The Morgan fingerprint density at radius 3 is 2.52 bits per heavy atom. The van der Waals surface area contributed by atoms with Crippen molar-refractivity contribution >= 4 is 26.8 Å². The van der Waals surface area contributed by atoms with Gasteiger partial charge in [-0.05, 0) is 29.8 Å². The Morgan fingerprint density at radius 1 is 1.00 bits per heavy atom. The van der Waals surface area contributed by atoms with Gasteiger partial charge in [-0.3, -0.25) is 16.3 Å². The molecule has 2 aromatic carbocycles. The summed E-state index contributed by atoms with van der Waals surface area (Å²) in [6.07, 6.45) is 0.753. The molecular formula is C17H16BrN3. The summed E-state index contributed by atoms with van der Waals surface area (Å²) in [6, 6.07) is 20.5. The number of benzene rings is 2. The summed E-state index contributed by atoms with van der Waals surface area (Å²) in [7, 11) is 0. The van der Waals surface area contributed by atoms with Crippen molar-refractivity contribution in [2.24, 2.45) is 5.84 Å². The number of hydrogen-bond acceptors (Lipinski definition) is 3. The molecule has 0 aliphatic heterocycles. The van der Waals surface area contributed by atoms with Crippen molar-refractivity contribution < 1.29 is 0 Å². The number of para-hydroxylation sites is 1. The SMILES string of the molecule is NNC(Cc1ccc2ccccc2n1)c1ccc(Br)cc1. The first-order valence-electron chi connectivity index (χ1n) is 6.82. The van der Waals surface area contributed by atoms with Gasteiger partial charge in [0.2, 0.25) is 0 Å². The molecule has 0 saturated heterocycles. The predicted octanol–water partition coefficient (Wildman–Crippen LogP) is 3.74. The van der Waals surface area contributed by atoms with E-state index < -0.39 is 0 Å². The minimum Gasteiger partial charge on any atom is -0.271 e. The molecule has 0 spiro atoms. The number of aromatic nitrogens is 1. The molecule has 0 aliphatic rings. The molecular weight excluding hydrogens is 326 g/mol. The lowest BCUT2D eigenvalue weighted by Gasteiger charge is -2.16. The molecule has 106 valence electrons. The van der Waals surface area contributed by atoms with E-state index in [2.05, 4.69) is 51.7 Å². The molecule has 0 amide bonds. The van der Waals surface area contributed by atoms with Crippen molar-refractivity contribution in [2.75, 3.05) is 0 Å². The molecule has 0 bridgehead atoms. The molecule has 3 aromatic rings. The molecule has 3 nitrogen and oxygen atoms in total. The number of hydrazine groups is 1. The number of rotatable bonds is 4. The highest BCUT2D eigenvalue weighted by Gasteiger charge is 2.11. The van der Waals surface area contributed by atoms with Crippen LogP contribution in [0.4, 0.5) is 0 Å². The average Bonchev–Trinajstić information content (AvgIpc) is 2.53. The van der Waals surface area contributed by atoms with Crippen LogP contribution in [0.15, 0.2) is 65.1 Å². The minimum atomic E-state index is 0.0479. The maximum Gasteiger partial charge on any atom is 0.0705 e. The smallest absolute Gasteiger partial charge is 0.0705 e. The molecule has 3 rings (SSSR count). The fourth-order valence-corrected chi connectivity index (χ4v) is 2.66. The largest absolute Gasteiger partial charge is 0.271 e. The van der Waals surface area contributed by atoms with Crippen molar-refractivity contribution in [3.8, 4) is 0 Å². The van der Waals surface area contributed by atoms with Crippen LogP contribution in [0.5, 0.6) is 0 Å². The number of hydrogen-bond donors (Lipinski definition) is 2. The third-order valence-electron chi connectivity index (χ3n) is 3.54. The maximum absolute atomic E-state index is 5.71. The fraction of sp³-hybridized carbons (Fsp3) is 0.118. The van der Waals surface area contributed by atoms with Crippen molar-refractivity contribution in [1.29, 1.82) is 0 Å². The molecule has 1 aromatic heterocycles. The van der Waals surface area contributed by atoms with E-state index in [1.807, 2.05) is 30.3 Å². The van der Waals surface area contributed by atoms with Crippen LogP contribution in [-0.4, -0.2) is 4.98 Å². The zero-order valence-corrected chi connectivity index (χ0v) is 13.0. The van der Waals surface area contributed by atoms with Gasteiger partial charge in [0, 0.05) is 22.0 Å². The van der Waals surface area contributed by atoms with E-state index in [9.17, 15) is 0 Å². The Morgan fingerprint density at radius 2 is 1.76 bits per heavy atom. The molecule has 0 aliphatic carbocycles. The van der Waals surface area contributed by atoms with Gasteiger partial charge in [-0.2, -0.15) is 0 Å². The van der Waals surface area contributed by atoms with E-state index in [1.165, 1.54) is 0 Å². The molecule has 0 saturated carbocycles. The Kier molecular flexibility index (Phi) is 4.29. The minimum absolute atomic E-state index is 0.0479. The highest BCUT2D eigenvalue weighted by atomic mass is 79.9. The predicted molar refractivity (Wildman–Crippen MR) is 89.7 cm³/mol. The first kappa shape index (κ1) is 14.2. The number of nitrogens with two attached hydrogens (primary N) is 1. The highest BCUT2D eigenvalue weighted by molar-refractivity contribution is 9.10. The second-order valence-corrected chi connectivity index (χ2v) is 5.89. The van der Waals surface area contributed by atoms with Gasteiger partial charge >= 0.3 is 0 Å². The number of fused-ring (bicyclic) bond motifs is 1. The monoisotopic (exact) mass is 341 g/mol. The molecule has 4 heteroatoms. The van der Waals surface area contributed by atoms with E-state index in [0.29, 0.717) is 0 Å². The first-order chi connectivity index (χ1) is 10.3. The second-order valence-electron chi connectivity index (χ2n) is 4.97. The van der Waals surface area contributed by atoms with Crippen LogP contribution in [0.3, 0.4) is 0 Å². The number of nitrogens with zero attached hydrogens (tertiary/aromatic N) is 1. The zero-order valence-electron chi connectivity index (χ0n) is 11.5. The Balaban J connectivity index is 1.86. The Labute approximate surface area is 132 Å². The summed E-state index contributed by atoms with van der Waals surface area (Å²) < 4.78 is 1.06. The van der Waals surface area contributed by atoms with Crippen molar-refractivity contribution in [1.82, 2.24) is 10.4 Å². The molecule has 3 N–H and O–H groups in total. The van der Waals surface area contributed by atoms with E-state index in [-0.39, 0.29) is 6.04 Å². The first-order valence-corrected chi connectivity index (χ1v) is 7.62. The van der Waals surface area contributed by atoms with E-state index in [0.717, 1.165) is 33.1 Å². The summed E-state index contributed by atoms with van der Waals surface area (Å²) >= 11 is 3.45. The van der Waals surface area contributed by atoms with Crippen LogP contribution in [0.2, 0.25) is 0 Å². The van der Waals surface area contributed by atoms with Gasteiger partial charge in [0.1, 0.15) is 0 Å². The van der Waals surface area contributed by atoms with Gasteiger partial charge in [-0.15, -0.1) is 0 Å². The Bertz CT molecular complexity index is 740. The van der Waals surface area contributed by atoms with Gasteiger partial charge in [0.15, 0.2) is 0 Å². The third kappa shape index (κ3) is 3.29. The number of halogens is 1. The standard InChI is InChI=1S/C17H16BrN3/c18-14-8-5-13(6-9-14)17(21-19)11-15-10-7-12-3-1-2-4-16(12)20-15/h1-10,17,21H,11,19H2. The van der Waals surface area contributed by atoms with Crippen LogP contribution in [0.25, 0.3) is 10.9 Å². The number of nitrogens with one attached hydrogen (secondary N) is 1. The summed E-state index contributed by atoms with van der Waals surface area (Å²) in [4.78, 5) is 4.70. The van der Waals surface area contributed by atoms with Crippen molar-refractivity contribution in [2.45, 2.75) is 12.5 Å². The van der Waals surface area contributed by atoms with Gasteiger partial charge in [0.25, 0.3) is 0 Å². The molecule has 0 radical (unpaired) electrons. The molecule has 1 atom stereocenters.